The predicted octanol–water partition coefficient (Wildman–Crippen LogP) is 3.42. The van der Waals surface area contributed by atoms with Crippen LogP contribution in [-0.2, 0) is 9.53 Å². The Hall–Kier alpha value is -1.88. The van der Waals surface area contributed by atoms with Gasteiger partial charge in [-0.2, -0.15) is 0 Å². The van der Waals surface area contributed by atoms with Gasteiger partial charge in [-0.05, 0) is 42.4 Å². The Bertz CT molecular complexity index is 554. The van der Waals surface area contributed by atoms with E-state index in [1.807, 2.05) is 24.3 Å². The molecular weight excluding hydrogens is 286 g/mol. The second-order valence-electron chi connectivity index (χ2n) is 4.83. The van der Waals surface area contributed by atoms with Gasteiger partial charge >= 0.3 is 0 Å². The van der Waals surface area contributed by atoms with Gasteiger partial charge in [-0.1, -0.05) is 38.3 Å². The van der Waals surface area contributed by atoms with Gasteiger partial charge in [0.05, 0.1) is 6.61 Å². The van der Waals surface area contributed by atoms with E-state index in [9.17, 15) is 4.79 Å². The number of benzene rings is 1. The number of ether oxygens (including phenoxy) is 2. The molecule has 0 radical (unpaired) electrons. The van der Waals surface area contributed by atoms with Crippen molar-refractivity contribution in [1.82, 2.24) is 5.32 Å². The summed E-state index contributed by atoms with van der Waals surface area (Å²) in [7, 11) is 0. The number of carbonyl (C=O) groups excluding carboxylic acids is 1. The van der Waals surface area contributed by atoms with Crippen LogP contribution < -0.4 is 10.1 Å². The minimum atomic E-state index is -0.314. The third-order valence-corrected chi connectivity index (χ3v) is 3.25. The van der Waals surface area contributed by atoms with Gasteiger partial charge in [0, 0.05) is 0 Å². The summed E-state index contributed by atoms with van der Waals surface area (Å²) in [5, 5.41) is 2.52. The molecule has 1 aliphatic rings. The number of unbranched alkanes of at least 4 members (excludes halogenated alkanes) is 3. The lowest BCUT2D eigenvalue weighted by Crippen LogP contribution is -2.18. The number of thiocarbonyl (C=S) groups is 1. The Morgan fingerprint density at radius 2 is 2.19 bits per heavy atom. The highest BCUT2D eigenvalue weighted by atomic mass is 32.1. The summed E-state index contributed by atoms with van der Waals surface area (Å²) in [5.41, 5.74) is 0.843. The fourth-order valence-corrected chi connectivity index (χ4v) is 2.17. The van der Waals surface area contributed by atoms with Crippen molar-refractivity contribution in [2.45, 2.75) is 32.6 Å². The van der Waals surface area contributed by atoms with Crippen LogP contribution in [0.2, 0.25) is 0 Å². The number of amides is 1. The fourth-order valence-electron chi connectivity index (χ4n) is 1.99. The van der Waals surface area contributed by atoms with Crippen LogP contribution in [0.1, 0.15) is 38.2 Å². The van der Waals surface area contributed by atoms with E-state index in [0.717, 1.165) is 17.7 Å². The molecule has 1 heterocycles. The quantitative estimate of drug-likeness (QED) is 0.476. The van der Waals surface area contributed by atoms with Gasteiger partial charge in [0.2, 0.25) is 0 Å². The molecule has 0 bridgehead atoms. The molecule has 0 saturated carbocycles. The molecule has 1 aliphatic heterocycles. The van der Waals surface area contributed by atoms with Crippen LogP contribution in [0.15, 0.2) is 30.0 Å². The Morgan fingerprint density at radius 1 is 1.33 bits per heavy atom. The van der Waals surface area contributed by atoms with Gasteiger partial charge in [0.15, 0.2) is 5.76 Å². The average molecular weight is 305 g/mol. The number of hydrogen-bond donors (Lipinski definition) is 1. The van der Waals surface area contributed by atoms with Gasteiger partial charge in [-0.15, -0.1) is 0 Å². The SMILES string of the molecule is CCCCCCOc1cccc(/C=C2/OC(=S)NC2=O)c1. The topological polar surface area (TPSA) is 47.6 Å². The lowest BCUT2D eigenvalue weighted by molar-refractivity contribution is -0.116. The summed E-state index contributed by atoms with van der Waals surface area (Å²) in [6.07, 6.45) is 6.35. The molecule has 2 rings (SSSR count). The first-order valence-electron chi connectivity index (χ1n) is 7.17. The Kier molecular flexibility index (Phi) is 5.75. The largest absolute Gasteiger partial charge is 0.494 e. The molecule has 0 unspecified atom stereocenters. The average Bonchev–Trinajstić information content (AvgIpc) is 2.77. The van der Waals surface area contributed by atoms with Crippen LogP contribution in [0.25, 0.3) is 6.08 Å². The molecular formula is C16H19NO3S. The fraction of sp³-hybridized carbons (Fsp3) is 0.375. The van der Waals surface area contributed by atoms with E-state index in [-0.39, 0.29) is 16.8 Å². The molecule has 5 heteroatoms. The normalized spacial score (nSPS) is 16.0. The third kappa shape index (κ3) is 4.86. The molecule has 1 aromatic carbocycles. The minimum Gasteiger partial charge on any atom is -0.494 e. The maximum Gasteiger partial charge on any atom is 0.294 e. The summed E-state index contributed by atoms with van der Waals surface area (Å²) in [4.78, 5) is 11.5. The van der Waals surface area contributed by atoms with Crippen molar-refractivity contribution in [3.05, 3.63) is 35.6 Å². The highest BCUT2D eigenvalue weighted by Crippen LogP contribution is 2.18. The lowest BCUT2D eigenvalue weighted by Gasteiger charge is -2.06. The maximum absolute atomic E-state index is 11.5. The molecule has 0 spiro atoms. The molecule has 0 aromatic heterocycles. The van der Waals surface area contributed by atoms with Crippen LogP contribution in [-0.4, -0.2) is 17.7 Å². The number of rotatable bonds is 7. The lowest BCUT2D eigenvalue weighted by atomic mass is 10.2. The van der Waals surface area contributed by atoms with Crippen molar-refractivity contribution >= 4 is 29.4 Å². The van der Waals surface area contributed by atoms with Crippen LogP contribution in [0.5, 0.6) is 5.75 Å². The summed E-state index contributed by atoms with van der Waals surface area (Å²) < 4.78 is 10.8. The second-order valence-corrected chi connectivity index (χ2v) is 5.20. The summed E-state index contributed by atoms with van der Waals surface area (Å²) in [5.74, 6) is 0.688. The van der Waals surface area contributed by atoms with Gasteiger partial charge in [0.1, 0.15) is 5.75 Å². The summed E-state index contributed by atoms with van der Waals surface area (Å²) >= 11 is 4.79. The van der Waals surface area contributed by atoms with Crippen LogP contribution in [0, 0.1) is 0 Å². The molecule has 0 atom stereocenters. The van der Waals surface area contributed by atoms with Crippen molar-refractivity contribution in [3.63, 3.8) is 0 Å². The zero-order valence-corrected chi connectivity index (χ0v) is 12.9. The van der Waals surface area contributed by atoms with Crippen LogP contribution >= 0.6 is 12.2 Å². The predicted molar refractivity (Wildman–Crippen MR) is 85.9 cm³/mol. The number of nitrogens with one attached hydrogen (secondary N) is 1. The highest BCUT2D eigenvalue weighted by Gasteiger charge is 2.22. The zero-order valence-electron chi connectivity index (χ0n) is 12.1. The monoisotopic (exact) mass is 305 g/mol. The molecule has 1 fully saturated rings. The highest BCUT2D eigenvalue weighted by molar-refractivity contribution is 7.80. The molecule has 1 amide bonds. The summed E-state index contributed by atoms with van der Waals surface area (Å²) in [6.45, 7) is 2.89. The van der Waals surface area contributed by atoms with Crippen molar-refractivity contribution in [2.24, 2.45) is 0 Å². The molecule has 112 valence electrons. The Morgan fingerprint density at radius 3 is 2.90 bits per heavy atom. The second kappa shape index (κ2) is 7.78. The van der Waals surface area contributed by atoms with Crippen LogP contribution in [0.4, 0.5) is 0 Å². The maximum atomic E-state index is 11.5. The number of carbonyl (C=O) groups is 1. The van der Waals surface area contributed by atoms with E-state index in [2.05, 4.69) is 12.2 Å². The van der Waals surface area contributed by atoms with E-state index in [4.69, 9.17) is 21.7 Å². The van der Waals surface area contributed by atoms with Gasteiger partial charge in [-0.3, -0.25) is 10.1 Å². The molecule has 1 aromatic rings. The van der Waals surface area contributed by atoms with E-state index < -0.39 is 0 Å². The van der Waals surface area contributed by atoms with Crippen molar-refractivity contribution in [1.29, 1.82) is 0 Å². The minimum absolute atomic E-state index is 0.0922. The zero-order chi connectivity index (χ0) is 15.1. The summed E-state index contributed by atoms with van der Waals surface area (Å²) in [6, 6.07) is 7.56. The van der Waals surface area contributed by atoms with E-state index >= 15 is 0 Å². The van der Waals surface area contributed by atoms with Crippen LogP contribution in [0.3, 0.4) is 0 Å². The Labute approximate surface area is 130 Å². The third-order valence-electron chi connectivity index (χ3n) is 3.06. The van der Waals surface area contributed by atoms with E-state index in [1.165, 1.54) is 19.3 Å². The number of hydrogen-bond acceptors (Lipinski definition) is 4. The first-order valence-corrected chi connectivity index (χ1v) is 7.57. The molecule has 1 N–H and O–H groups in total. The molecule has 1 saturated heterocycles. The standard InChI is InChI=1S/C16H19NO3S/c1-2-3-4-5-9-19-13-8-6-7-12(10-13)11-14-15(18)17-16(21)20-14/h6-8,10-11H,2-5,9H2,1H3,(H,17,18,21)/b14-11+. The van der Waals surface area contributed by atoms with E-state index in [0.29, 0.717) is 6.61 Å². The Balaban J connectivity index is 1.93. The van der Waals surface area contributed by atoms with Gasteiger partial charge < -0.3 is 9.47 Å². The van der Waals surface area contributed by atoms with Gasteiger partial charge in [-0.25, -0.2) is 0 Å². The van der Waals surface area contributed by atoms with Crippen molar-refractivity contribution in [3.8, 4) is 5.75 Å². The van der Waals surface area contributed by atoms with E-state index in [1.54, 1.807) is 6.08 Å². The van der Waals surface area contributed by atoms with Crippen molar-refractivity contribution < 1.29 is 14.3 Å². The molecule has 21 heavy (non-hydrogen) atoms. The first kappa shape index (κ1) is 15.5. The van der Waals surface area contributed by atoms with Gasteiger partial charge in [0.25, 0.3) is 11.1 Å². The molecule has 4 nitrogen and oxygen atoms in total. The van der Waals surface area contributed by atoms with Crippen molar-refractivity contribution in [2.75, 3.05) is 6.61 Å². The first-order chi connectivity index (χ1) is 10.2. The molecule has 0 aliphatic carbocycles. The smallest absolute Gasteiger partial charge is 0.294 e.